The Balaban J connectivity index is 2.34. The summed E-state index contributed by atoms with van der Waals surface area (Å²) in [7, 11) is 1.60. The molecule has 3 nitrogen and oxygen atoms in total. The van der Waals surface area contributed by atoms with E-state index in [-0.39, 0.29) is 0 Å². The van der Waals surface area contributed by atoms with Gasteiger partial charge in [0.1, 0.15) is 0 Å². The summed E-state index contributed by atoms with van der Waals surface area (Å²) in [5.74, 6) is 0. The van der Waals surface area contributed by atoms with E-state index in [1.54, 1.807) is 7.11 Å². The van der Waals surface area contributed by atoms with E-state index in [9.17, 15) is 5.11 Å². The number of aryl methyl sites for hydroxylation is 1. The second kappa shape index (κ2) is 7.43. The van der Waals surface area contributed by atoms with Crippen molar-refractivity contribution in [2.75, 3.05) is 20.3 Å². The lowest BCUT2D eigenvalue weighted by Gasteiger charge is -2.17. The van der Waals surface area contributed by atoms with E-state index in [1.165, 1.54) is 11.1 Å². The number of nitrogens with one attached hydrogen (secondary N) is 1. The van der Waals surface area contributed by atoms with Crippen molar-refractivity contribution in [1.29, 1.82) is 0 Å². The molecule has 3 heteroatoms. The van der Waals surface area contributed by atoms with Crippen LogP contribution in [0, 0.1) is 6.92 Å². The molecule has 0 amide bonds. The van der Waals surface area contributed by atoms with Crippen LogP contribution < -0.4 is 5.32 Å². The molecule has 0 aromatic heterocycles. The van der Waals surface area contributed by atoms with Gasteiger partial charge in [0.25, 0.3) is 0 Å². The van der Waals surface area contributed by atoms with Crippen LogP contribution in [0.2, 0.25) is 0 Å². The van der Waals surface area contributed by atoms with E-state index in [0.29, 0.717) is 19.2 Å². The molecule has 0 saturated heterocycles. The maximum Gasteiger partial charge on any atom is 0.0897 e. The third-order valence-electron chi connectivity index (χ3n) is 2.85. The summed E-state index contributed by atoms with van der Waals surface area (Å²) >= 11 is 0. The van der Waals surface area contributed by atoms with Crippen LogP contribution in [-0.4, -0.2) is 37.5 Å². The minimum atomic E-state index is -0.431. The molecule has 2 N–H and O–H groups in total. The molecule has 17 heavy (non-hydrogen) atoms. The monoisotopic (exact) mass is 237 g/mol. The molecule has 0 saturated carbocycles. The van der Waals surface area contributed by atoms with E-state index < -0.39 is 6.10 Å². The Kier molecular flexibility index (Phi) is 6.19. The van der Waals surface area contributed by atoms with Gasteiger partial charge in [-0.3, -0.25) is 0 Å². The Morgan fingerprint density at radius 1 is 1.35 bits per heavy atom. The Morgan fingerprint density at radius 3 is 2.71 bits per heavy atom. The molecule has 1 aromatic rings. The molecule has 2 atom stereocenters. The number of hydrogen-bond donors (Lipinski definition) is 2. The van der Waals surface area contributed by atoms with Crippen molar-refractivity contribution < 1.29 is 9.84 Å². The standard InChI is InChI=1S/C14H23NO2/c1-11-6-4-5-7-13(11)8-12(2)15-9-14(16)10-17-3/h4-7,12,14-16H,8-10H2,1-3H3/t12-,14-/m0/s1. The van der Waals surface area contributed by atoms with Crippen LogP contribution in [0.1, 0.15) is 18.1 Å². The Labute approximate surface area is 104 Å². The van der Waals surface area contributed by atoms with E-state index in [2.05, 4.69) is 43.4 Å². The van der Waals surface area contributed by atoms with Gasteiger partial charge in [0.05, 0.1) is 12.7 Å². The summed E-state index contributed by atoms with van der Waals surface area (Å²) in [5.41, 5.74) is 2.67. The van der Waals surface area contributed by atoms with Crippen molar-refractivity contribution in [2.24, 2.45) is 0 Å². The summed E-state index contributed by atoms with van der Waals surface area (Å²) in [6, 6.07) is 8.75. The van der Waals surface area contributed by atoms with Gasteiger partial charge in [-0.2, -0.15) is 0 Å². The van der Waals surface area contributed by atoms with E-state index in [1.807, 2.05) is 0 Å². The van der Waals surface area contributed by atoms with Crippen LogP contribution in [0.15, 0.2) is 24.3 Å². The molecular weight excluding hydrogens is 214 g/mol. The molecule has 0 radical (unpaired) electrons. The van der Waals surface area contributed by atoms with Gasteiger partial charge < -0.3 is 15.2 Å². The summed E-state index contributed by atoms with van der Waals surface area (Å²) in [6.07, 6.45) is 0.547. The van der Waals surface area contributed by atoms with Crippen LogP contribution in [0.25, 0.3) is 0 Å². The highest BCUT2D eigenvalue weighted by Crippen LogP contribution is 2.09. The van der Waals surface area contributed by atoms with Gasteiger partial charge in [0.2, 0.25) is 0 Å². The van der Waals surface area contributed by atoms with Crippen LogP contribution in [0.4, 0.5) is 0 Å². The molecule has 1 aromatic carbocycles. The fourth-order valence-electron chi connectivity index (χ4n) is 1.83. The molecule has 96 valence electrons. The first kappa shape index (κ1) is 14.2. The van der Waals surface area contributed by atoms with Gasteiger partial charge in [0.15, 0.2) is 0 Å². The highest BCUT2D eigenvalue weighted by Gasteiger charge is 2.08. The van der Waals surface area contributed by atoms with Crippen molar-refractivity contribution in [3.8, 4) is 0 Å². The van der Waals surface area contributed by atoms with Gasteiger partial charge in [-0.15, -0.1) is 0 Å². The van der Waals surface area contributed by atoms with E-state index in [4.69, 9.17) is 4.74 Å². The average Bonchev–Trinajstić information content (AvgIpc) is 2.30. The van der Waals surface area contributed by atoms with Crippen molar-refractivity contribution in [2.45, 2.75) is 32.4 Å². The summed E-state index contributed by atoms with van der Waals surface area (Å²) in [5, 5.41) is 12.8. The van der Waals surface area contributed by atoms with Crippen molar-refractivity contribution in [3.05, 3.63) is 35.4 Å². The zero-order valence-corrected chi connectivity index (χ0v) is 10.9. The highest BCUT2D eigenvalue weighted by atomic mass is 16.5. The molecule has 1 rings (SSSR count). The van der Waals surface area contributed by atoms with E-state index >= 15 is 0 Å². The minimum absolute atomic E-state index is 0.350. The summed E-state index contributed by atoms with van der Waals surface area (Å²) in [6.45, 7) is 5.21. The Morgan fingerprint density at radius 2 is 2.06 bits per heavy atom. The van der Waals surface area contributed by atoms with Crippen LogP contribution >= 0.6 is 0 Å². The summed E-state index contributed by atoms with van der Waals surface area (Å²) in [4.78, 5) is 0. The largest absolute Gasteiger partial charge is 0.389 e. The van der Waals surface area contributed by atoms with Gasteiger partial charge in [0, 0.05) is 19.7 Å². The lowest BCUT2D eigenvalue weighted by molar-refractivity contribution is 0.0631. The van der Waals surface area contributed by atoms with Gasteiger partial charge in [-0.25, -0.2) is 0 Å². The first-order valence-electron chi connectivity index (χ1n) is 6.08. The van der Waals surface area contributed by atoms with Crippen molar-refractivity contribution in [3.63, 3.8) is 0 Å². The van der Waals surface area contributed by atoms with Crippen molar-refractivity contribution >= 4 is 0 Å². The first-order chi connectivity index (χ1) is 8.13. The van der Waals surface area contributed by atoms with Gasteiger partial charge >= 0.3 is 0 Å². The average molecular weight is 237 g/mol. The minimum Gasteiger partial charge on any atom is -0.389 e. The second-order valence-electron chi connectivity index (χ2n) is 4.55. The van der Waals surface area contributed by atoms with Crippen molar-refractivity contribution in [1.82, 2.24) is 5.32 Å². The quantitative estimate of drug-likeness (QED) is 0.755. The first-order valence-corrected chi connectivity index (χ1v) is 6.08. The number of aliphatic hydroxyl groups excluding tert-OH is 1. The fraction of sp³-hybridized carbons (Fsp3) is 0.571. The maximum atomic E-state index is 9.53. The van der Waals surface area contributed by atoms with E-state index in [0.717, 1.165) is 6.42 Å². The molecule has 0 fully saturated rings. The Hall–Kier alpha value is -0.900. The predicted octanol–water partition coefficient (Wildman–Crippen LogP) is 1.52. The molecule has 0 spiro atoms. The molecule has 0 aliphatic rings. The zero-order chi connectivity index (χ0) is 12.7. The fourth-order valence-corrected chi connectivity index (χ4v) is 1.83. The number of rotatable bonds is 7. The molecule has 0 heterocycles. The molecule has 0 bridgehead atoms. The summed E-state index contributed by atoms with van der Waals surface area (Å²) < 4.78 is 4.88. The topological polar surface area (TPSA) is 41.5 Å². The highest BCUT2D eigenvalue weighted by molar-refractivity contribution is 5.26. The second-order valence-corrected chi connectivity index (χ2v) is 4.55. The SMILES string of the molecule is COC[C@@H](O)CN[C@@H](C)Cc1ccccc1C. The number of ether oxygens (including phenoxy) is 1. The molecule has 0 unspecified atom stereocenters. The van der Waals surface area contributed by atoms with Crippen LogP contribution in [0.3, 0.4) is 0 Å². The Bertz CT molecular complexity index is 328. The van der Waals surface area contributed by atoms with Crippen LogP contribution in [0.5, 0.6) is 0 Å². The van der Waals surface area contributed by atoms with Gasteiger partial charge in [-0.1, -0.05) is 24.3 Å². The lowest BCUT2D eigenvalue weighted by atomic mass is 10.0. The number of aliphatic hydroxyl groups is 1. The smallest absolute Gasteiger partial charge is 0.0897 e. The number of benzene rings is 1. The van der Waals surface area contributed by atoms with Gasteiger partial charge in [-0.05, 0) is 31.4 Å². The molecule has 0 aliphatic heterocycles. The lowest BCUT2D eigenvalue weighted by Crippen LogP contribution is -2.36. The zero-order valence-electron chi connectivity index (χ0n) is 10.9. The third-order valence-corrected chi connectivity index (χ3v) is 2.85. The molecule has 0 aliphatic carbocycles. The molecular formula is C14H23NO2. The third kappa shape index (κ3) is 5.31. The number of methoxy groups -OCH3 is 1. The normalized spacial score (nSPS) is 14.6. The number of hydrogen-bond acceptors (Lipinski definition) is 3. The maximum absolute atomic E-state index is 9.53. The predicted molar refractivity (Wildman–Crippen MR) is 70.2 cm³/mol. The van der Waals surface area contributed by atoms with Crippen LogP contribution in [-0.2, 0) is 11.2 Å².